The Morgan fingerprint density at radius 1 is 1.16 bits per heavy atom. The highest BCUT2D eigenvalue weighted by Gasteiger charge is 2.33. The average molecular weight is 274 g/mol. The first-order valence-electron chi connectivity index (χ1n) is 4.54. The Kier molecular flexibility index (Phi) is 4.07. The summed E-state index contributed by atoms with van der Waals surface area (Å²) < 4.78 is 66.0. The van der Waals surface area contributed by atoms with E-state index in [2.05, 4.69) is 4.74 Å². The van der Waals surface area contributed by atoms with E-state index in [4.69, 9.17) is 10.5 Å². The minimum Gasteiger partial charge on any atom is -0.405 e. The summed E-state index contributed by atoms with van der Waals surface area (Å²) in [6.07, 6.45) is -4.65. The van der Waals surface area contributed by atoms with Crippen molar-refractivity contribution in [2.75, 3.05) is 0 Å². The van der Waals surface area contributed by atoms with E-state index in [0.29, 0.717) is 18.2 Å². The third-order valence-electron chi connectivity index (χ3n) is 1.85. The number of alkyl halides is 3. The Hall–Kier alpha value is -2.61. The first-order valence-corrected chi connectivity index (χ1v) is 4.54. The van der Waals surface area contributed by atoms with Gasteiger partial charge in [0.1, 0.15) is 23.5 Å². The highest BCUT2D eigenvalue weighted by atomic mass is 19.4. The number of nitrogens with zero attached hydrogens (tertiary/aromatic N) is 2. The monoisotopic (exact) mass is 274 g/mol. The molecule has 0 bridgehead atoms. The van der Waals surface area contributed by atoms with Gasteiger partial charge in [-0.2, -0.15) is 10.5 Å². The molecule has 0 amide bonds. The van der Waals surface area contributed by atoms with Crippen molar-refractivity contribution in [3.8, 4) is 17.9 Å². The van der Waals surface area contributed by atoms with Gasteiger partial charge in [-0.1, -0.05) is 0 Å². The normalized spacial score (nSPS) is 10.3. The predicted molar refractivity (Wildman–Crippen MR) is 52.2 cm³/mol. The molecule has 0 aromatic heterocycles. The molecule has 1 aromatic rings. The molecule has 19 heavy (non-hydrogen) atoms. The lowest BCUT2D eigenvalue weighted by molar-refractivity contribution is -0.274. The minimum atomic E-state index is -5.12. The van der Waals surface area contributed by atoms with Crippen LogP contribution in [0, 0.1) is 34.3 Å². The zero-order valence-corrected chi connectivity index (χ0v) is 8.92. The number of nitriles is 2. The Labute approximate surface area is 103 Å². The lowest BCUT2D eigenvalue weighted by Gasteiger charge is -2.12. The van der Waals surface area contributed by atoms with E-state index < -0.39 is 34.9 Å². The van der Waals surface area contributed by atoms with Crippen LogP contribution in [0.1, 0.15) is 5.56 Å². The lowest BCUT2D eigenvalue weighted by Crippen LogP contribution is -2.18. The molecular weight excluding hydrogens is 271 g/mol. The third kappa shape index (κ3) is 3.68. The fourth-order valence-electron chi connectivity index (χ4n) is 1.13. The zero-order valence-electron chi connectivity index (χ0n) is 8.92. The maximum absolute atomic E-state index is 13.4. The van der Waals surface area contributed by atoms with Crippen molar-refractivity contribution in [1.82, 2.24) is 0 Å². The first kappa shape index (κ1) is 14.5. The van der Waals surface area contributed by atoms with E-state index in [-0.39, 0.29) is 0 Å². The molecule has 0 spiro atoms. The molecule has 3 nitrogen and oxygen atoms in total. The molecular formula is C11H3F5N2O. The number of benzene rings is 1. The molecule has 0 heterocycles. The molecule has 1 rings (SSSR count). The van der Waals surface area contributed by atoms with E-state index in [0.717, 1.165) is 0 Å². The van der Waals surface area contributed by atoms with Crippen molar-refractivity contribution in [2.45, 2.75) is 6.36 Å². The molecule has 0 aliphatic carbocycles. The van der Waals surface area contributed by atoms with Gasteiger partial charge in [0.15, 0.2) is 11.6 Å². The van der Waals surface area contributed by atoms with E-state index >= 15 is 0 Å². The molecule has 0 radical (unpaired) electrons. The van der Waals surface area contributed by atoms with E-state index in [9.17, 15) is 22.0 Å². The number of rotatable bonds is 2. The van der Waals surface area contributed by atoms with Crippen LogP contribution in [-0.2, 0) is 0 Å². The van der Waals surface area contributed by atoms with Gasteiger partial charge in [0.25, 0.3) is 0 Å². The van der Waals surface area contributed by atoms with E-state index in [1.54, 1.807) is 0 Å². The molecule has 8 heteroatoms. The standard InChI is InChI=1S/C11H3F5N2O/c12-8-1-2-9(19-11(14,15)16)7(10(8)13)3-6(4-17)5-18/h1-3H. The van der Waals surface area contributed by atoms with Gasteiger partial charge in [0.05, 0.1) is 5.56 Å². The fraction of sp³-hybridized carbons (Fsp3) is 0.0909. The summed E-state index contributed by atoms with van der Waals surface area (Å²) in [6.45, 7) is 0. The largest absolute Gasteiger partial charge is 0.573 e. The maximum atomic E-state index is 13.4. The third-order valence-corrected chi connectivity index (χ3v) is 1.85. The van der Waals surface area contributed by atoms with Crippen LogP contribution in [0.2, 0.25) is 0 Å². The molecule has 0 unspecified atom stereocenters. The predicted octanol–water partition coefficient (Wildman–Crippen LogP) is 3.29. The Morgan fingerprint density at radius 2 is 1.74 bits per heavy atom. The second-order valence-electron chi connectivity index (χ2n) is 3.10. The van der Waals surface area contributed by atoms with Crippen molar-refractivity contribution < 1.29 is 26.7 Å². The summed E-state index contributed by atoms with van der Waals surface area (Å²) >= 11 is 0. The average Bonchev–Trinajstić information content (AvgIpc) is 2.32. The summed E-state index contributed by atoms with van der Waals surface area (Å²) in [5.41, 5.74) is -1.66. The van der Waals surface area contributed by atoms with Gasteiger partial charge in [-0.05, 0) is 18.2 Å². The minimum absolute atomic E-state index is 0.437. The van der Waals surface area contributed by atoms with Gasteiger partial charge < -0.3 is 4.74 Å². The van der Waals surface area contributed by atoms with Crippen LogP contribution < -0.4 is 4.74 Å². The quantitative estimate of drug-likeness (QED) is 0.614. The van der Waals surface area contributed by atoms with Crippen LogP contribution in [0.15, 0.2) is 17.7 Å². The van der Waals surface area contributed by atoms with Crippen molar-refractivity contribution in [2.24, 2.45) is 0 Å². The molecule has 0 aliphatic rings. The van der Waals surface area contributed by atoms with Gasteiger partial charge in [-0.25, -0.2) is 8.78 Å². The van der Waals surface area contributed by atoms with Crippen LogP contribution >= 0.6 is 0 Å². The topological polar surface area (TPSA) is 56.8 Å². The Bertz CT molecular complexity index is 591. The smallest absolute Gasteiger partial charge is 0.405 e. The van der Waals surface area contributed by atoms with Gasteiger partial charge in [0.2, 0.25) is 0 Å². The van der Waals surface area contributed by atoms with Gasteiger partial charge in [0, 0.05) is 0 Å². The fourth-order valence-corrected chi connectivity index (χ4v) is 1.13. The molecule has 0 saturated carbocycles. The van der Waals surface area contributed by atoms with Crippen molar-refractivity contribution in [3.05, 3.63) is 34.9 Å². The summed E-state index contributed by atoms with van der Waals surface area (Å²) in [5, 5.41) is 16.9. The van der Waals surface area contributed by atoms with Crippen molar-refractivity contribution in [3.63, 3.8) is 0 Å². The highest BCUT2D eigenvalue weighted by molar-refractivity contribution is 5.66. The Morgan fingerprint density at radius 3 is 2.21 bits per heavy atom. The molecule has 1 aromatic carbocycles. The van der Waals surface area contributed by atoms with E-state index in [1.165, 1.54) is 12.1 Å². The van der Waals surface area contributed by atoms with Crippen molar-refractivity contribution >= 4 is 6.08 Å². The molecule has 0 fully saturated rings. The number of hydrogen-bond acceptors (Lipinski definition) is 3. The molecule has 98 valence electrons. The van der Waals surface area contributed by atoms with Gasteiger partial charge in [-0.3, -0.25) is 0 Å². The van der Waals surface area contributed by atoms with Crippen LogP contribution in [0.5, 0.6) is 5.75 Å². The lowest BCUT2D eigenvalue weighted by atomic mass is 10.1. The molecule has 0 aliphatic heterocycles. The number of allylic oxidation sites excluding steroid dienone is 1. The molecule has 0 atom stereocenters. The van der Waals surface area contributed by atoms with Crippen LogP contribution in [0.3, 0.4) is 0 Å². The van der Waals surface area contributed by atoms with E-state index in [1.807, 2.05) is 0 Å². The van der Waals surface area contributed by atoms with Gasteiger partial charge in [-0.15, -0.1) is 13.2 Å². The molecule has 0 N–H and O–H groups in total. The maximum Gasteiger partial charge on any atom is 0.573 e. The summed E-state index contributed by atoms with van der Waals surface area (Å²) in [5.74, 6) is -4.13. The summed E-state index contributed by atoms with van der Waals surface area (Å²) in [7, 11) is 0. The van der Waals surface area contributed by atoms with Crippen LogP contribution in [-0.4, -0.2) is 6.36 Å². The second kappa shape index (κ2) is 5.36. The zero-order chi connectivity index (χ0) is 14.6. The second-order valence-corrected chi connectivity index (χ2v) is 3.10. The van der Waals surface area contributed by atoms with Crippen LogP contribution in [0.4, 0.5) is 22.0 Å². The van der Waals surface area contributed by atoms with Crippen LogP contribution in [0.25, 0.3) is 6.08 Å². The number of hydrogen-bond donors (Lipinski definition) is 0. The highest BCUT2D eigenvalue weighted by Crippen LogP contribution is 2.30. The summed E-state index contributed by atoms with van der Waals surface area (Å²) in [6, 6.07) is 3.60. The number of ether oxygens (including phenoxy) is 1. The molecule has 0 saturated heterocycles. The number of halogens is 5. The first-order chi connectivity index (χ1) is 8.78. The summed E-state index contributed by atoms with van der Waals surface area (Å²) in [4.78, 5) is 0. The van der Waals surface area contributed by atoms with Crippen molar-refractivity contribution in [1.29, 1.82) is 10.5 Å². The van der Waals surface area contributed by atoms with Gasteiger partial charge >= 0.3 is 6.36 Å². The SMILES string of the molecule is N#CC(C#N)=Cc1c(OC(F)(F)F)ccc(F)c1F. The Balaban J connectivity index is 3.43.